The van der Waals surface area contributed by atoms with Gasteiger partial charge in [-0.05, 0) is 26.0 Å². The zero-order chi connectivity index (χ0) is 9.68. The van der Waals surface area contributed by atoms with E-state index < -0.39 is 6.09 Å². The summed E-state index contributed by atoms with van der Waals surface area (Å²) < 4.78 is 4.72. The summed E-state index contributed by atoms with van der Waals surface area (Å²) in [5.74, 6) is 0. The van der Waals surface area contributed by atoms with Crippen molar-refractivity contribution in [2.45, 2.75) is 13.8 Å². The molecule has 13 heavy (non-hydrogen) atoms. The summed E-state index contributed by atoms with van der Waals surface area (Å²) in [6.45, 7) is 3.95. The number of pyridine rings is 1. The van der Waals surface area contributed by atoms with Crippen LogP contribution in [0.15, 0.2) is 18.3 Å². The number of hydrogen-bond acceptors (Lipinski definition) is 3. The number of anilines is 1. The SMILES string of the molecule is CCOC(=O)Nc1cccnc1C. The number of rotatable bonds is 2. The molecule has 0 aliphatic carbocycles. The zero-order valence-corrected chi connectivity index (χ0v) is 7.70. The van der Waals surface area contributed by atoms with Crippen LogP contribution >= 0.6 is 0 Å². The highest BCUT2D eigenvalue weighted by Crippen LogP contribution is 2.10. The predicted molar refractivity (Wildman–Crippen MR) is 49.6 cm³/mol. The third kappa shape index (κ3) is 2.74. The number of nitrogens with zero attached hydrogens (tertiary/aromatic N) is 1. The van der Waals surface area contributed by atoms with Crippen molar-refractivity contribution in [2.75, 3.05) is 11.9 Å². The molecule has 0 aliphatic rings. The second-order valence-corrected chi connectivity index (χ2v) is 2.48. The maximum Gasteiger partial charge on any atom is 0.411 e. The monoisotopic (exact) mass is 180 g/mol. The minimum atomic E-state index is -0.446. The molecule has 0 atom stereocenters. The number of hydrogen-bond donors (Lipinski definition) is 1. The Morgan fingerprint density at radius 2 is 2.46 bits per heavy atom. The van der Waals surface area contributed by atoms with Crippen LogP contribution in [0.25, 0.3) is 0 Å². The average molecular weight is 180 g/mol. The Morgan fingerprint density at radius 3 is 3.08 bits per heavy atom. The van der Waals surface area contributed by atoms with Gasteiger partial charge in [0.15, 0.2) is 0 Å². The summed E-state index contributed by atoms with van der Waals surface area (Å²) >= 11 is 0. The first kappa shape index (κ1) is 9.51. The van der Waals surface area contributed by atoms with Crippen molar-refractivity contribution in [1.29, 1.82) is 0 Å². The number of nitrogens with one attached hydrogen (secondary N) is 1. The van der Waals surface area contributed by atoms with Crippen molar-refractivity contribution < 1.29 is 9.53 Å². The molecule has 1 amide bonds. The summed E-state index contributed by atoms with van der Waals surface area (Å²) in [5.41, 5.74) is 1.46. The molecular weight excluding hydrogens is 168 g/mol. The van der Waals surface area contributed by atoms with E-state index >= 15 is 0 Å². The topological polar surface area (TPSA) is 51.2 Å². The molecule has 0 unspecified atom stereocenters. The van der Waals surface area contributed by atoms with Crippen molar-refractivity contribution >= 4 is 11.8 Å². The van der Waals surface area contributed by atoms with Crippen LogP contribution in [0.3, 0.4) is 0 Å². The summed E-state index contributed by atoms with van der Waals surface area (Å²) in [6.07, 6.45) is 1.23. The first-order valence-corrected chi connectivity index (χ1v) is 4.09. The van der Waals surface area contributed by atoms with Crippen LogP contribution < -0.4 is 5.32 Å². The van der Waals surface area contributed by atoms with Gasteiger partial charge >= 0.3 is 6.09 Å². The van der Waals surface area contributed by atoms with Crippen LogP contribution in [0.5, 0.6) is 0 Å². The van der Waals surface area contributed by atoms with Crippen molar-refractivity contribution in [2.24, 2.45) is 0 Å². The van der Waals surface area contributed by atoms with Gasteiger partial charge in [0.05, 0.1) is 18.0 Å². The van der Waals surface area contributed by atoms with Gasteiger partial charge < -0.3 is 4.74 Å². The van der Waals surface area contributed by atoms with Crippen LogP contribution in [-0.4, -0.2) is 17.7 Å². The molecule has 70 valence electrons. The first-order chi connectivity index (χ1) is 6.24. The smallest absolute Gasteiger partial charge is 0.411 e. The summed E-state index contributed by atoms with van der Waals surface area (Å²) in [6, 6.07) is 3.54. The molecule has 1 aromatic rings. The molecule has 1 rings (SSSR count). The van der Waals surface area contributed by atoms with Gasteiger partial charge in [-0.15, -0.1) is 0 Å². The van der Waals surface area contributed by atoms with Crippen LogP contribution in [0, 0.1) is 6.92 Å². The van der Waals surface area contributed by atoms with Crippen molar-refractivity contribution in [3.63, 3.8) is 0 Å². The number of ether oxygens (including phenoxy) is 1. The predicted octanol–water partition coefficient (Wildman–Crippen LogP) is 1.96. The maximum absolute atomic E-state index is 11.0. The Bertz CT molecular complexity index is 299. The number of amides is 1. The van der Waals surface area contributed by atoms with Crippen LogP contribution in [0.4, 0.5) is 10.5 Å². The molecule has 0 aromatic carbocycles. The fourth-order valence-corrected chi connectivity index (χ4v) is 0.893. The molecule has 0 saturated carbocycles. The summed E-state index contributed by atoms with van der Waals surface area (Å²) in [7, 11) is 0. The highest BCUT2D eigenvalue weighted by Gasteiger charge is 2.03. The van der Waals surface area contributed by atoms with E-state index in [2.05, 4.69) is 10.3 Å². The third-order valence-corrected chi connectivity index (χ3v) is 1.52. The lowest BCUT2D eigenvalue weighted by Gasteiger charge is -2.06. The molecule has 1 N–H and O–H groups in total. The van der Waals surface area contributed by atoms with E-state index in [1.54, 1.807) is 25.3 Å². The van der Waals surface area contributed by atoms with E-state index in [9.17, 15) is 4.79 Å². The highest BCUT2D eigenvalue weighted by molar-refractivity contribution is 5.85. The molecule has 0 bridgehead atoms. The van der Waals surface area contributed by atoms with Gasteiger partial charge in [0.1, 0.15) is 0 Å². The highest BCUT2D eigenvalue weighted by atomic mass is 16.5. The lowest BCUT2D eigenvalue weighted by Crippen LogP contribution is -2.14. The molecule has 4 nitrogen and oxygen atoms in total. The van der Waals surface area contributed by atoms with E-state index in [1.165, 1.54) is 0 Å². The lowest BCUT2D eigenvalue weighted by molar-refractivity contribution is 0.168. The zero-order valence-electron chi connectivity index (χ0n) is 7.70. The Kier molecular flexibility index (Phi) is 3.25. The molecular formula is C9H12N2O2. The van der Waals surface area contributed by atoms with E-state index in [4.69, 9.17) is 4.74 Å². The Labute approximate surface area is 76.9 Å². The molecule has 0 saturated heterocycles. The largest absolute Gasteiger partial charge is 0.450 e. The number of aryl methyl sites for hydroxylation is 1. The quantitative estimate of drug-likeness (QED) is 0.756. The van der Waals surface area contributed by atoms with Crippen LogP contribution in [-0.2, 0) is 4.74 Å². The molecule has 1 heterocycles. The van der Waals surface area contributed by atoms with Crippen molar-refractivity contribution in [3.05, 3.63) is 24.0 Å². The Hall–Kier alpha value is -1.58. The fraction of sp³-hybridized carbons (Fsp3) is 0.333. The number of aromatic nitrogens is 1. The minimum absolute atomic E-state index is 0.366. The van der Waals surface area contributed by atoms with Crippen molar-refractivity contribution in [3.8, 4) is 0 Å². The molecule has 4 heteroatoms. The third-order valence-electron chi connectivity index (χ3n) is 1.52. The number of carbonyl (C=O) groups is 1. The Morgan fingerprint density at radius 1 is 1.69 bits per heavy atom. The van der Waals surface area contributed by atoms with Crippen LogP contribution in [0.1, 0.15) is 12.6 Å². The molecule has 0 radical (unpaired) electrons. The van der Waals surface area contributed by atoms with Gasteiger partial charge in [0, 0.05) is 6.20 Å². The summed E-state index contributed by atoms with van der Waals surface area (Å²) in [5, 5.41) is 2.59. The van der Waals surface area contributed by atoms with Crippen LogP contribution in [0.2, 0.25) is 0 Å². The van der Waals surface area contributed by atoms with Gasteiger partial charge in [0.2, 0.25) is 0 Å². The Balaban J connectivity index is 2.63. The second kappa shape index (κ2) is 4.45. The van der Waals surface area contributed by atoms with Gasteiger partial charge in [0.25, 0.3) is 0 Å². The maximum atomic E-state index is 11.0. The number of carbonyl (C=O) groups excluding carboxylic acids is 1. The average Bonchev–Trinajstić information content (AvgIpc) is 2.09. The fourth-order valence-electron chi connectivity index (χ4n) is 0.893. The molecule has 0 aliphatic heterocycles. The van der Waals surface area contributed by atoms with Gasteiger partial charge in [-0.1, -0.05) is 0 Å². The van der Waals surface area contributed by atoms with Gasteiger partial charge in [-0.25, -0.2) is 4.79 Å². The molecule has 0 fully saturated rings. The standard InChI is InChI=1S/C9H12N2O2/c1-3-13-9(12)11-8-5-4-6-10-7(8)2/h4-6H,3H2,1-2H3,(H,11,12). The van der Waals surface area contributed by atoms with Gasteiger partial charge in [-0.2, -0.15) is 0 Å². The van der Waals surface area contributed by atoms with E-state index in [-0.39, 0.29) is 0 Å². The van der Waals surface area contributed by atoms with Gasteiger partial charge in [-0.3, -0.25) is 10.3 Å². The minimum Gasteiger partial charge on any atom is -0.450 e. The lowest BCUT2D eigenvalue weighted by atomic mass is 10.3. The van der Waals surface area contributed by atoms with Crippen molar-refractivity contribution in [1.82, 2.24) is 4.98 Å². The van der Waals surface area contributed by atoms with E-state index in [1.807, 2.05) is 6.92 Å². The first-order valence-electron chi connectivity index (χ1n) is 4.09. The van der Waals surface area contributed by atoms with E-state index in [0.29, 0.717) is 12.3 Å². The van der Waals surface area contributed by atoms with E-state index in [0.717, 1.165) is 5.69 Å². The molecule has 1 aromatic heterocycles. The second-order valence-electron chi connectivity index (χ2n) is 2.48. The summed E-state index contributed by atoms with van der Waals surface area (Å²) in [4.78, 5) is 15.0. The normalized spacial score (nSPS) is 9.38. The molecule has 0 spiro atoms.